The molecule has 3 aliphatic heterocycles. The Morgan fingerprint density at radius 3 is 2.79 bits per heavy atom. The number of methoxy groups -OCH3 is 1. The van der Waals surface area contributed by atoms with Crippen molar-refractivity contribution >= 4 is 11.4 Å². The van der Waals surface area contributed by atoms with Gasteiger partial charge in [-0.3, -0.25) is 0 Å². The Kier molecular flexibility index (Phi) is 9.43. The average Bonchev–Trinajstić information content (AvgIpc) is 3.49. The van der Waals surface area contributed by atoms with Crippen LogP contribution < -0.4 is 24.6 Å². The van der Waals surface area contributed by atoms with E-state index in [9.17, 15) is 4.39 Å². The number of halogens is 1. The lowest BCUT2D eigenvalue weighted by Gasteiger charge is -2.33. The first kappa shape index (κ1) is 28.8. The second kappa shape index (κ2) is 13.8. The molecule has 2 fully saturated rings. The SMILES string of the molecule is COCCCN1CCOc2ccc(CO[C@H]3CNCC[C@@H]3c3ccc(OC4CCN(c5cccc(F)c5)C4)cc3)cc21. The molecule has 6 rings (SSSR count). The van der Waals surface area contributed by atoms with E-state index in [2.05, 4.69) is 57.6 Å². The summed E-state index contributed by atoms with van der Waals surface area (Å²) in [5, 5.41) is 3.52. The summed E-state index contributed by atoms with van der Waals surface area (Å²) >= 11 is 0. The molecule has 0 amide bonds. The third kappa shape index (κ3) is 7.00. The fraction of sp³-hybridized carbons (Fsp3) is 0.471. The zero-order chi connectivity index (χ0) is 28.7. The number of hydrogen-bond donors (Lipinski definition) is 1. The molecule has 0 aromatic heterocycles. The Balaban J connectivity index is 1.05. The van der Waals surface area contributed by atoms with Crippen LogP contribution in [0.3, 0.4) is 0 Å². The van der Waals surface area contributed by atoms with Crippen molar-refractivity contribution in [1.29, 1.82) is 0 Å². The van der Waals surface area contributed by atoms with Crippen molar-refractivity contribution in [3.8, 4) is 11.5 Å². The van der Waals surface area contributed by atoms with E-state index in [1.807, 2.05) is 6.07 Å². The summed E-state index contributed by atoms with van der Waals surface area (Å²) in [7, 11) is 1.75. The molecule has 1 unspecified atom stereocenters. The van der Waals surface area contributed by atoms with Gasteiger partial charge in [0.05, 0.1) is 31.5 Å². The summed E-state index contributed by atoms with van der Waals surface area (Å²) in [4.78, 5) is 4.58. The number of rotatable bonds is 11. The van der Waals surface area contributed by atoms with Gasteiger partial charge in [0.1, 0.15) is 30.0 Å². The summed E-state index contributed by atoms with van der Waals surface area (Å²) in [5.74, 6) is 1.94. The quantitative estimate of drug-likeness (QED) is 0.308. The third-order valence-corrected chi connectivity index (χ3v) is 8.58. The average molecular weight is 576 g/mol. The Morgan fingerprint density at radius 1 is 1.02 bits per heavy atom. The lowest BCUT2D eigenvalue weighted by atomic mass is 9.87. The summed E-state index contributed by atoms with van der Waals surface area (Å²) in [6.45, 7) is 7.31. The molecule has 3 aliphatic rings. The zero-order valence-electron chi connectivity index (χ0n) is 24.5. The molecular formula is C34H42FN3O4. The van der Waals surface area contributed by atoms with E-state index in [0.717, 1.165) is 93.6 Å². The van der Waals surface area contributed by atoms with Gasteiger partial charge in [-0.2, -0.15) is 0 Å². The molecule has 3 aromatic rings. The zero-order valence-corrected chi connectivity index (χ0v) is 24.5. The van der Waals surface area contributed by atoms with Gasteiger partial charge in [0.25, 0.3) is 0 Å². The predicted octanol–water partition coefficient (Wildman–Crippen LogP) is 5.38. The van der Waals surface area contributed by atoms with Gasteiger partial charge < -0.3 is 34.1 Å². The lowest BCUT2D eigenvalue weighted by molar-refractivity contribution is 0.0106. The minimum atomic E-state index is -0.203. The second-order valence-electron chi connectivity index (χ2n) is 11.5. The van der Waals surface area contributed by atoms with Crippen molar-refractivity contribution in [2.45, 2.75) is 44.0 Å². The topological polar surface area (TPSA) is 55.4 Å². The molecule has 0 spiro atoms. The van der Waals surface area contributed by atoms with E-state index < -0.39 is 0 Å². The van der Waals surface area contributed by atoms with Crippen LogP contribution in [0.5, 0.6) is 11.5 Å². The fourth-order valence-corrected chi connectivity index (χ4v) is 6.35. The summed E-state index contributed by atoms with van der Waals surface area (Å²) in [6, 6.07) is 21.8. The standard InChI is InChI=1S/C34H42FN3O4/c1-39-18-3-15-37-17-19-40-33-11-6-25(20-32(33)37)24-41-34-22-36-14-12-31(34)26-7-9-29(10-8-26)42-30-13-16-38(23-30)28-5-2-4-27(35)21-28/h2,4-11,20-21,30-31,34,36H,3,12-19,22-24H2,1H3/t30?,31-,34+/m1/s1. The molecule has 42 heavy (non-hydrogen) atoms. The molecule has 3 aromatic carbocycles. The highest BCUT2D eigenvalue weighted by molar-refractivity contribution is 5.61. The van der Waals surface area contributed by atoms with Crippen molar-refractivity contribution in [1.82, 2.24) is 5.32 Å². The normalized spacial score (nSPS) is 22.1. The van der Waals surface area contributed by atoms with Gasteiger partial charge in [-0.15, -0.1) is 0 Å². The first-order valence-corrected chi connectivity index (χ1v) is 15.3. The maximum absolute atomic E-state index is 13.7. The van der Waals surface area contributed by atoms with Gasteiger partial charge >= 0.3 is 0 Å². The maximum atomic E-state index is 13.7. The van der Waals surface area contributed by atoms with Crippen LogP contribution in [0.15, 0.2) is 66.7 Å². The molecule has 0 bridgehead atoms. The van der Waals surface area contributed by atoms with E-state index >= 15 is 0 Å². The van der Waals surface area contributed by atoms with E-state index in [0.29, 0.717) is 19.1 Å². The van der Waals surface area contributed by atoms with Crippen LogP contribution >= 0.6 is 0 Å². The molecule has 1 N–H and O–H groups in total. The molecule has 7 nitrogen and oxygen atoms in total. The second-order valence-corrected chi connectivity index (χ2v) is 11.5. The number of nitrogens with one attached hydrogen (secondary N) is 1. The molecule has 3 atom stereocenters. The monoisotopic (exact) mass is 575 g/mol. The number of hydrogen-bond acceptors (Lipinski definition) is 7. The molecule has 8 heteroatoms. The molecule has 0 aliphatic carbocycles. The van der Waals surface area contributed by atoms with Crippen molar-refractivity contribution in [3.63, 3.8) is 0 Å². The van der Waals surface area contributed by atoms with Crippen molar-refractivity contribution < 1.29 is 23.3 Å². The van der Waals surface area contributed by atoms with Crippen LogP contribution in [0, 0.1) is 5.82 Å². The number of benzene rings is 3. The van der Waals surface area contributed by atoms with Crippen LogP contribution in [0.4, 0.5) is 15.8 Å². The highest BCUT2D eigenvalue weighted by atomic mass is 19.1. The smallest absolute Gasteiger partial charge is 0.142 e. The van der Waals surface area contributed by atoms with Crippen LogP contribution in [0.25, 0.3) is 0 Å². The first-order chi connectivity index (χ1) is 20.7. The van der Waals surface area contributed by atoms with Crippen molar-refractivity contribution in [2.24, 2.45) is 0 Å². The predicted molar refractivity (Wildman–Crippen MR) is 164 cm³/mol. The molecular weight excluding hydrogens is 533 g/mol. The van der Waals surface area contributed by atoms with E-state index in [-0.39, 0.29) is 18.0 Å². The third-order valence-electron chi connectivity index (χ3n) is 8.58. The molecule has 3 heterocycles. The Hall–Kier alpha value is -3.33. The molecule has 0 saturated carbocycles. The summed E-state index contributed by atoms with van der Waals surface area (Å²) in [6.07, 6.45) is 3.12. The van der Waals surface area contributed by atoms with Gasteiger partial charge in [0, 0.05) is 51.4 Å². The van der Waals surface area contributed by atoms with Crippen molar-refractivity contribution in [3.05, 3.63) is 83.7 Å². The number of ether oxygens (including phenoxy) is 4. The highest BCUT2D eigenvalue weighted by Crippen LogP contribution is 2.34. The van der Waals surface area contributed by atoms with Gasteiger partial charge in [-0.25, -0.2) is 4.39 Å². The highest BCUT2D eigenvalue weighted by Gasteiger charge is 2.28. The Labute approximate surface area is 248 Å². The van der Waals surface area contributed by atoms with E-state index in [1.165, 1.54) is 11.6 Å². The Bertz CT molecular complexity index is 1310. The van der Waals surface area contributed by atoms with Crippen LogP contribution in [-0.2, 0) is 16.1 Å². The van der Waals surface area contributed by atoms with Gasteiger partial charge in [0.15, 0.2) is 0 Å². The molecule has 2 saturated heterocycles. The summed E-state index contributed by atoms with van der Waals surface area (Å²) in [5.41, 5.74) is 4.50. The van der Waals surface area contributed by atoms with Crippen molar-refractivity contribution in [2.75, 3.05) is 69.4 Å². The number of anilines is 2. The van der Waals surface area contributed by atoms with Crippen LogP contribution in [0.2, 0.25) is 0 Å². The van der Waals surface area contributed by atoms with Crippen LogP contribution in [-0.4, -0.2) is 71.8 Å². The maximum Gasteiger partial charge on any atom is 0.142 e. The number of nitrogens with zero attached hydrogens (tertiary/aromatic N) is 2. The molecule has 0 radical (unpaired) electrons. The lowest BCUT2D eigenvalue weighted by Crippen LogP contribution is -2.41. The van der Waals surface area contributed by atoms with E-state index in [1.54, 1.807) is 19.2 Å². The largest absolute Gasteiger partial charge is 0.490 e. The first-order valence-electron chi connectivity index (χ1n) is 15.3. The Morgan fingerprint density at radius 2 is 1.93 bits per heavy atom. The minimum Gasteiger partial charge on any atom is -0.490 e. The summed E-state index contributed by atoms with van der Waals surface area (Å²) < 4.78 is 37.7. The van der Waals surface area contributed by atoms with E-state index in [4.69, 9.17) is 18.9 Å². The number of piperidine rings is 1. The van der Waals surface area contributed by atoms with Gasteiger partial charge in [-0.1, -0.05) is 24.3 Å². The minimum absolute atomic E-state index is 0.0882. The van der Waals surface area contributed by atoms with Crippen LogP contribution in [0.1, 0.15) is 36.3 Å². The molecule has 224 valence electrons. The van der Waals surface area contributed by atoms with Gasteiger partial charge in [-0.05, 0) is 73.0 Å². The fourth-order valence-electron chi connectivity index (χ4n) is 6.35. The number of fused-ring (bicyclic) bond motifs is 1. The van der Waals surface area contributed by atoms with Gasteiger partial charge in [0.2, 0.25) is 0 Å².